The highest BCUT2D eigenvalue weighted by Gasteiger charge is 2.13. The standard InChI is InChI=1S/C13H10Cl2N2/c14-11-6-10(7-12(15)8-11)13(17-16)9-4-2-1-3-5-9/h1-8,13,16H. The summed E-state index contributed by atoms with van der Waals surface area (Å²) >= 11 is 11.9. The van der Waals surface area contributed by atoms with Gasteiger partial charge in [0.15, 0.2) is 0 Å². The average Bonchev–Trinajstić information content (AvgIpc) is 2.30. The highest BCUT2D eigenvalue weighted by atomic mass is 35.5. The summed E-state index contributed by atoms with van der Waals surface area (Å²) in [5, 5.41) is 4.75. The van der Waals surface area contributed by atoms with E-state index >= 15 is 0 Å². The van der Waals surface area contributed by atoms with Crippen molar-refractivity contribution in [3.63, 3.8) is 0 Å². The third kappa shape index (κ3) is 2.84. The first-order valence-corrected chi connectivity index (χ1v) is 5.84. The van der Waals surface area contributed by atoms with Gasteiger partial charge in [-0.2, -0.15) is 5.11 Å². The predicted octanol–water partition coefficient (Wildman–Crippen LogP) is 5.11. The van der Waals surface area contributed by atoms with E-state index in [0.717, 1.165) is 11.1 Å². The van der Waals surface area contributed by atoms with Crippen molar-refractivity contribution >= 4 is 23.2 Å². The van der Waals surface area contributed by atoms with Crippen LogP contribution < -0.4 is 0 Å². The van der Waals surface area contributed by atoms with E-state index in [1.54, 1.807) is 18.2 Å². The lowest BCUT2D eigenvalue weighted by molar-refractivity contribution is 0.776. The molecule has 0 fully saturated rings. The molecule has 2 nitrogen and oxygen atoms in total. The van der Waals surface area contributed by atoms with Crippen LogP contribution in [0.25, 0.3) is 0 Å². The van der Waals surface area contributed by atoms with E-state index in [9.17, 15) is 0 Å². The van der Waals surface area contributed by atoms with Crippen LogP contribution in [-0.2, 0) is 0 Å². The quantitative estimate of drug-likeness (QED) is 0.748. The zero-order valence-corrected chi connectivity index (χ0v) is 10.4. The van der Waals surface area contributed by atoms with Gasteiger partial charge in [-0.05, 0) is 29.3 Å². The lowest BCUT2D eigenvalue weighted by Crippen LogP contribution is -1.97. The molecular weight excluding hydrogens is 255 g/mol. The van der Waals surface area contributed by atoms with E-state index < -0.39 is 0 Å². The van der Waals surface area contributed by atoms with Crippen molar-refractivity contribution in [3.8, 4) is 0 Å². The molecular formula is C13H10Cl2N2. The van der Waals surface area contributed by atoms with Crippen LogP contribution in [0.1, 0.15) is 17.2 Å². The second kappa shape index (κ2) is 5.30. The second-order valence-electron chi connectivity index (χ2n) is 3.65. The van der Waals surface area contributed by atoms with E-state index in [4.69, 9.17) is 28.7 Å². The molecule has 2 rings (SSSR count). The number of hydrogen-bond acceptors (Lipinski definition) is 2. The number of rotatable bonds is 3. The molecule has 0 aliphatic carbocycles. The van der Waals surface area contributed by atoms with Crippen LogP contribution in [0.3, 0.4) is 0 Å². The molecule has 0 aliphatic heterocycles. The molecule has 86 valence electrons. The Bertz CT molecular complexity index is 506. The van der Waals surface area contributed by atoms with Gasteiger partial charge in [-0.3, -0.25) is 0 Å². The first-order valence-electron chi connectivity index (χ1n) is 5.08. The van der Waals surface area contributed by atoms with Gasteiger partial charge < -0.3 is 0 Å². The topological polar surface area (TPSA) is 36.2 Å². The molecule has 0 saturated heterocycles. The highest BCUT2D eigenvalue weighted by molar-refractivity contribution is 6.34. The van der Waals surface area contributed by atoms with Crippen molar-refractivity contribution in [3.05, 3.63) is 69.7 Å². The van der Waals surface area contributed by atoms with Crippen LogP contribution >= 0.6 is 23.2 Å². The maximum atomic E-state index is 7.31. The maximum Gasteiger partial charge on any atom is 0.121 e. The molecule has 0 bridgehead atoms. The minimum Gasteiger partial charge on any atom is -0.209 e. The van der Waals surface area contributed by atoms with Gasteiger partial charge in [-0.25, -0.2) is 5.53 Å². The zero-order valence-electron chi connectivity index (χ0n) is 8.90. The summed E-state index contributed by atoms with van der Waals surface area (Å²) < 4.78 is 0. The summed E-state index contributed by atoms with van der Waals surface area (Å²) in [6.07, 6.45) is 0. The van der Waals surface area contributed by atoms with E-state index in [2.05, 4.69) is 5.11 Å². The van der Waals surface area contributed by atoms with Crippen molar-refractivity contribution in [1.82, 2.24) is 0 Å². The molecule has 0 radical (unpaired) electrons. The maximum absolute atomic E-state index is 7.31. The van der Waals surface area contributed by atoms with Crippen molar-refractivity contribution < 1.29 is 0 Å². The van der Waals surface area contributed by atoms with Gasteiger partial charge in [0.2, 0.25) is 0 Å². The summed E-state index contributed by atoms with van der Waals surface area (Å²) in [6, 6.07) is 14.5. The Labute approximate surface area is 110 Å². The fraction of sp³-hybridized carbons (Fsp3) is 0.0769. The fourth-order valence-electron chi connectivity index (χ4n) is 1.71. The molecule has 0 saturated carbocycles. The molecule has 0 heterocycles. The lowest BCUT2D eigenvalue weighted by Gasteiger charge is -2.12. The van der Waals surface area contributed by atoms with Crippen molar-refractivity contribution in [2.75, 3.05) is 0 Å². The van der Waals surface area contributed by atoms with Crippen LogP contribution in [0.4, 0.5) is 0 Å². The molecule has 2 aromatic carbocycles. The van der Waals surface area contributed by atoms with Crippen LogP contribution in [0.2, 0.25) is 10.0 Å². The number of benzene rings is 2. The van der Waals surface area contributed by atoms with Gasteiger partial charge in [0.05, 0.1) is 0 Å². The Morgan fingerprint density at radius 3 is 2.00 bits per heavy atom. The minimum atomic E-state index is -0.354. The first-order chi connectivity index (χ1) is 8.20. The van der Waals surface area contributed by atoms with Crippen LogP contribution in [0, 0.1) is 5.53 Å². The van der Waals surface area contributed by atoms with Crippen molar-refractivity contribution in [2.24, 2.45) is 5.11 Å². The number of nitrogens with zero attached hydrogens (tertiary/aromatic N) is 1. The zero-order chi connectivity index (χ0) is 12.3. The van der Waals surface area contributed by atoms with E-state index in [1.807, 2.05) is 30.3 Å². The molecule has 0 aromatic heterocycles. The monoisotopic (exact) mass is 264 g/mol. The van der Waals surface area contributed by atoms with Crippen LogP contribution in [0.15, 0.2) is 53.6 Å². The van der Waals surface area contributed by atoms with Crippen molar-refractivity contribution in [1.29, 1.82) is 5.53 Å². The highest BCUT2D eigenvalue weighted by Crippen LogP contribution is 2.30. The number of hydrogen-bond donors (Lipinski definition) is 1. The van der Waals surface area contributed by atoms with E-state index in [0.29, 0.717) is 10.0 Å². The summed E-state index contributed by atoms with van der Waals surface area (Å²) in [7, 11) is 0. The van der Waals surface area contributed by atoms with E-state index in [1.165, 1.54) is 0 Å². The van der Waals surface area contributed by atoms with Crippen molar-refractivity contribution in [2.45, 2.75) is 6.04 Å². The smallest absolute Gasteiger partial charge is 0.121 e. The largest absolute Gasteiger partial charge is 0.209 e. The second-order valence-corrected chi connectivity index (χ2v) is 4.52. The number of nitrogens with one attached hydrogen (secondary N) is 1. The predicted molar refractivity (Wildman–Crippen MR) is 69.9 cm³/mol. The molecule has 4 heteroatoms. The Hall–Kier alpha value is -1.38. The molecule has 0 spiro atoms. The number of halogens is 2. The Kier molecular flexibility index (Phi) is 3.77. The van der Waals surface area contributed by atoms with Gasteiger partial charge >= 0.3 is 0 Å². The van der Waals surface area contributed by atoms with Crippen LogP contribution in [0.5, 0.6) is 0 Å². The summed E-state index contributed by atoms with van der Waals surface area (Å²) in [5.74, 6) is 0. The normalized spacial score (nSPS) is 12.1. The lowest BCUT2D eigenvalue weighted by atomic mass is 10.00. The third-order valence-corrected chi connectivity index (χ3v) is 2.88. The summed E-state index contributed by atoms with van der Waals surface area (Å²) in [4.78, 5) is 0. The van der Waals surface area contributed by atoms with Gasteiger partial charge in [-0.1, -0.05) is 53.5 Å². The molecule has 2 aromatic rings. The molecule has 1 N–H and O–H groups in total. The van der Waals surface area contributed by atoms with E-state index in [-0.39, 0.29) is 6.04 Å². The Morgan fingerprint density at radius 2 is 1.47 bits per heavy atom. The van der Waals surface area contributed by atoms with Crippen LogP contribution in [-0.4, -0.2) is 0 Å². The molecule has 0 amide bonds. The molecule has 1 atom stereocenters. The van der Waals surface area contributed by atoms with Gasteiger partial charge in [0.25, 0.3) is 0 Å². The van der Waals surface area contributed by atoms with Gasteiger partial charge in [0, 0.05) is 10.0 Å². The van der Waals surface area contributed by atoms with Gasteiger partial charge in [0.1, 0.15) is 6.04 Å². The fourth-order valence-corrected chi connectivity index (χ4v) is 2.25. The average molecular weight is 265 g/mol. The Balaban J connectivity index is 2.46. The molecule has 17 heavy (non-hydrogen) atoms. The SMILES string of the molecule is N=NC(c1ccccc1)c1cc(Cl)cc(Cl)c1. The minimum absolute atomic E-state index is 0.354. The van der Waals surface area contributed by atoms with Gasteiger partial charge in [-0.15, -0.1) is 0 Å². The third-order valence-electron chi connectivity index (χ3n) is 2.45. The molecule has 0 aliphatic rings. The molecule has 1 unspecified atom stereocenters. The summed E-state index contributed by atoms with van der Waals surface area (Å²) in [6.45, 7) is 0. The Morgan fingerprint density at radius 1 is 0.882 bits per heavy atom. The first kappa shape index (κ1) is 12.1. The summed E-state index contributed by atoms with van der Waals surface area (Å²) in [5.41, 5.74) is 9.08.